The van der Waals surface area contributed by atoms with Crippen molar-refractivity contribution in [1.82, 2.24) is 4.90 Å². The summed E-state index contributed by atoms with van der Waals surface area (Å²) in [6.07, 6.45) is 0. The van der Waals surface area contributed by atoms with Crippen LogP contribution < -0.4 is 14.4 Å². The Morgan fingerprint density at radius 2 is 1.58 bits per heavy atom. The quantitative estimate of drug-likeness (QED) is 0.813. The fourth-order valence-electron chi connectivity index (χ4n) is 2.95. The Morgan fingerprint density at radius 3 is 2.29 bits per heavy atom. The van der Waals surface area contributed by atoms with Crippen molar-refractivity contribution in [3.05, 3.63) is 54.3 Å². The number of methoxy groups -OCH3 is 1. The van der Waals surface area contributed by atoms with Gasteiger partial charge in [-0.05, 0) is 24.3 Å². The molecule has 0 aromatic heterocycles. The zero-order valence-corrected chi connectivity index (χ0v) is 14.0. The molecule has 5 heteroatoms. The summed E-state index contributed by atoms with van der Waals surface area (Å²) in [5.74, 6) is 0.928. The highest BCUT2D eigenvalue weighted by Crippen LogP contribution is 2.28. The summed E-state index contributed by atoms with van der Waals surface area (Å²) >= 11 is 0. The van der Waals surface area contributed by atoms with E-state index in [-0.39, 0.29) is 5.82 Å². The number of halogens is 1. The number of ether oxygens (including phenoxy) is 2. The summed E-state index contributed by atoms with van der Waals surface area (Å²) in [5, 5.41) is 0. The molecule has 0 saturated carbocycles. The van der Waals surface area contributed by atoms with Crippen LogP contribution in [0.5, 0.6) is 11.5 Å². The molecule has 0 atom stereocenters. The van der Waals surface area contributed by atoms with Crippen LogP contribution in [-0.4, -0.2) is 51.3 Å². The van der Waals surface area contributed by atoms with E-state index in [0.29, 0.717) is 12.4 Å². The highest BCUT2D eigenvalue weighted by Gasteiger charge is 2.19. The Bertz CT molecular complexity index is 657. The number of benzene rings is 2. The SMILES string of the molecule is COc1ccccc1N1CCN(CCOc2ccccc2F)CC1. The first-order chi connectivity index (χ1) is 11.8. The molecule has 0 radical (unpaired) electrons. The standard InChI is InChI=1S/C19H23FN2O2/c1-23-19-9-5-3-7-17(19)22-12-10-21(11-13-22)14-15-24-18-8-4-2-6-16(18)20/h2-9H,10-15H2,1H3. The Kier molecular flexibility index (Phi) is 5.54. The van der Waals surface area contributed by atoms with Gasteiger partial charge in [-0.1, -0.05) is 24.3 Å². The molecule has 1 fully saturated rings. The molecule has 2 aromatic rings. The van der Waals surface area contributed by atoms with E-state index in [1.54, 1.807) is 25.3 Å². The largest absolute Gasteiger partial charge is 0.495 e. The van der Waals surface area contributed by atoms with Gasteiger partial charge in [0.1, 0.15) is 12.4 Å². The van der Waals surface area contributed by atoms with Gasteiger partial charge >= 0.3 is 0 Å². The van der Waals surface area contributed by atoms with Crippen LogP contribution in [0.25, 0.3) is 0 Å². The average molecular weight is 330 g/mol. The minimum Gasteiger partial charge on any atom is -0.495 e. The lowest BCUT2D eigenvalue weighted by Gasteiger charge is -2.36. The topological polar surface area (TPSA) is 24.9 Å². The molecule has 0 amide bonds. The van der Waals surface area contributed by atoms with E-state index in [4.69, 9.17) is 9.47 Å². The van der Waals surface area contributed by atoms with Crippen LogP contribution in [0.4, 0.5) is 10.1 Å². The molecule has 4 nitrogen and oxygen atoms in total. The van der Waals surface area contributed by atoms with Crippen molar-refractivity contribution in [3.63, 3.8) is 0 Å². The number of hydrogen-bond acceptors (Lipinski definition) is 4. The van der Waals surface area contributed by atoms with Gasteiger partial charge in [0, 0.05) is 32.7 Å². The second kappa shape index (κ2) is 8.02. The summed E-state index contributed by atoms with van der Waals surface area (Å²) in [7, 11) is 1.70. The zero-order valence-electron chi connectivity index (χ0n) is 14.0. The van der Waals surface area contributed by atoms with E-state index in [1.165, 1.54) is 6.07 Å². The smallest absolute Gasteiger partial charge is 0.165 e. The molecule has 3 rings (SSSR count). The molecule has 0 aliphatic carbocycles. The van der Waals surface area contributed by atoms with E-state index in [1.807, 2.05) is 18.2 Å². The normalized spacial score (nSPS) is 15.3. The third-order valence-electron chi connectivity index (χ3n) is 4.30. The van der Waals surface area contributed by atoms with Gasteiger partial charge in [0.25, 0.3) is 0 Å². The Hall–Kier alpha value is -2.27. The number of anilines is 1. The first-order valence-electron chi connectivity index (χ1n) is 8.25. The molecule has 24 heavy (non-hydrogen) atoms. The predicted molar refractivity (Wildman–Crippen MR) is 93.5 cm³/mol. The van der Waals surface area contributed by atoms with E-state index in [2.05, 4.69) is 15.9 Å². The lowest BCUT2D eigenvalue weighted by atomic mass is 10.2. The summed E-state index contributed by atoms with van der Waals surface area (Å²) < 4.78 is 24.5. The second-order valence-corrected chi connectivity index (χ2v) is 5.78. The minimum absolute atomic E-state index is 0.307. The molecule has 1 aliphatic heterocycles. The first-order valence-corrected chi connectivity index (χ1v) is 8.25. The first kappa shape index (κ1) is 16.6. The van der Waals surface area contributed by atoms with Crippen LogP contribution in [0, 0.1) is 5.82 Å². The van der Waals surface area contributed by atoms with Crippen LogP contribution in [0.3, 0.4) is 0 Å². The number of rotatable bonds is 6. The number of hydrogen-bond donors (Lipinski definition) is 0. The average Bonchev–Trinajstić information content (AvgIpc) is 2.64. The van der Waals surface area contributed by atoms with Gasteiger partial charge in [0.15, 0.2) is 11.6 Å². The van der Waals surface area contributed by atoms with Crippen molar-refractivity contribution in [2.75, 3.05) is 51.3 Å². The van der Waals surface area contributed by atoms with Crippen LogP contribution in [-0.2, 0) is 0 Å². The predicted octanol–water partition coefficient (Wildman–Crippen LogP) is 3.04. The van der Waals surface area contributed by atoms with Gasteiger partial charge in [-0.25, -0.2) is 4.39 Å². The van der Waals surface area contributed by atoms with Gasteiger partial charge in [0.2, 0.25) is 0 Å². The third-order valence-corrected chi connectivity index (χ3v) is 4.30. The number of nitrogens with zero attached hydrogens (tertiary/aromatic N) is 2. The van der Waals surface area contributed by atoms with E-state index in [0.717, 1.165) is 44.2 Å². The van der Waals surface area contributed by atoms with Crippen LogP contribution >= 0.6 is 0 Å². The van der Waals surface area contributed by atoms with Gasteiger partial charge in [-0.2, -0.15) is 0 Å². The molecular weight excluding hydrogens is 307 g/mol. The molecule has 0 unspecified atom stereocenters. The van der Waals surface area contributed by atoms with Gasteiger partial charge in [-0.15, -0.1) is 0 Å². The van der Waals surface area contributed by atoms with Gasteiger partial charge in [-0.3, -0.25) is 4.90 Å². The molecule has 128 valence electrons. The van der Waals surface area contributed by atoms with Crippen LogP contribution in [0.1, 0.15) is 0 Å². The fraction of sp³-hybridized carbons (Fsp3) is 0.368. The maximum absolute atomic E-state index is 13.5. The number of piperazine rings is 1. The zero-order chi connectivity index (χ0) is 16.8. The summed E-state index contributed by atoms with van der Waals surface area (Å²) in [6, 6.07) is 14.6. The summed E-state index contributed by atoms with van der Waals surface area (Å²) in [4.78, 5) is 4.68. The molecular formula is C19H23FN2O2. The van der Waals surface area contributed by atoms with E-state index >= 15 is 0 Å². The van der Waals surface area contributed by atoms with E-state index < -0.39 is 0 Å². The molecule has 0 spiro atoms. The number of para-hydroxylation sites is 3. The lowest BCUT2D eigenvalue weighted by molar-refractivity contribution is 0.196. The molecule has 1 aliphatic rings. The summed E-state index contributed by atoms with van der Waals surface area (Å²) in [6.45, 7) is 5.10. The van der Waals surface area contributed by atoms with Crippen LogP contribution in [0.15, 0.2) is 48.5 Å². The molecule has 0 N–H and O–H groups in total. The Balaban J connectivity index is 1.46. The fourth-order valence-corrected chi connectivity index (χ4v) is 2.95. The third kappa shape index (κ3) is 3.97. The highest BCUT2D eigenvalue weighted by atomic mass is 19.1. The van der Waals surface area contributed by atoms with E-state index in [9.17, 15) is 4.39 Å². The van der Waals surface area contributed by atoms with Crippen molar-refractivity contribution < 1.29 is 13.9 Å². The Morgan fingerprint density at radius 1 is 0.917 bits per heavy atom. The van der Waals surface area contributed by atoms with Crippen molar-refractivity contribution in [1.29, 1.82) is 0 Å². The molecule has 1 saturated heterocycles. The van der Waals surface area contributed by atoms with Crippen molar-refractivity contribution in [2.24, 2.45) is 0 Å². The molecule has 0 bridgehead atoms. The highest BCUT2D eigenvalue weighted by molar-refractivity contribution is 5.58. The van der Waals surface area contributed by atoms with Crippen molar-refractivity contribution in [2.45, 2.75) is 0 Å². The maximum atomic E-state index is 13.5. The van der Waals surface area contributed by atoms with Crippen molar-refractivity contribution >= 4 is 5.69 Å². The second-order valence-electron chi connectivity index (χ2n) is 5.78. The minimum atomic E-state index is -0.307. The molecule has 1 heterocycles. The van der Waals surface area contributed by atoms with Gasteiger partial charge in [0.05, 0.1) is 12.8 Å². The maximum Gasteiger partial charge on any atom is 0.165 e. The van der Waals surface area contributed by atoms with Gasteiger partial charge < -0.3 is 14.4 Å². The monoisotopic (exact) mass is 330 g/mol. The van der Waals surface area contributed by atoms with Crippen LogP contribution in [0.2, 0.25) is 0 Å². The van der Waals surface area contributed by atoms with Crippen molar-refractivity contribution in [3.8, 4) is 11.5 Å². The Labute approximate surface area is 142 Å². The summed E-state index contributed by atoms with van der Waals surface area (Å²) in [5.41, 5.74) is 1.14. The lowest BCUT2D eigenvalue weighted by Crippen LogP contribution is -2.47. The molecule has 2 aromatic carbocycles.